The SMILES string of the molecule is O=C(CCNc1ccc(OCc2ccccc2)cc1)NCCc1ccc(F)cc1. The Morgan fingerprint density at radius 2 is 1.55 bits per heavy atom. The molecule has 0 spiro atoms. The van der Waals surface area contributed by atoms with Gasteiger partial charge in [0.2, 0.25) is 5.91 Å². The molecule has 0 atom stereocenters. The molecule has 1 amide bonds. The molecule has 29 heavy (non-hydrogen) atoms. The lowest BCUT2D eigenvalue weighted by Gasteiger charge is -2.10. The molecule has 0 aliphatic heterocycles. The van der Waals surface area contributed by atoms with Crippen molar-refractivity contribution in [2.45, 2.75) is 19.4 Å². The summed E-state index contributed by atoms with van der Waals surface area (Å²) >= 11 is 0. The molecular weight excluding hydrogens is 367 g/mol. The van der Waals surface area contributed by atoms with Gasteiger partial charge in [0.15, 0.2) is 0 Å². The van der Waals surface area contributed by atoms with Crippen LogP contribution in [0.15, 0.2) is 78.9 Å². The minimum Gasteiger partial charge on any atom is -0.489 e. The molecule has 0 saturated carbocycles. The summed E-state index contributed by atoms with van der Waals surface area (Å²) in [5.74, 6) is 0.542. The number of hydrogen-bond acceptors (Lipinski definition) is 3. The summed E-state index contributed by atoms with van der Waals surface area (Å²) in [7, 11) is 0. The van der Waals surface area contributed by atoms with E-state index in [0.717, 1.165) is 22.6 Å². The Hall–Kier alpha value is -3.34. The molecule has 3 aromatic rings. The predicted octanol–water partition coefficient (Wildman–Crippen LogP) is 4.57. The average Bonchev–Trinajstić information content (AvgIpc) is 2.75. The number of ether oxygens (including phenoxy) is 1. The summed E-state index contributed by atoms with van der Waals surface area (Å²) < 4.78 is 18.6. The van der Waals surface area contributed by atoms with Gasteiger partial charge in [-0.05, 0) is 53.9 Å². The molecule has 0 unspecified atom stereocenters. The van der Waals surface area contributed by atoms with Crippen LogP contribution < -0.4 is 15.4 Å². The molecule has 0 heterocycles. The maximum Gasteiger partial charge on any atom is 0.221 e. The number of nitrogens with one attached hydrogen (secondary N) is 2. The topological polar surface area (TPSA) is 50.4 Å². The van der Waals surface area contributed by atoms with E-state index in [1.165, 1.54) is 12.1 Å². The van der Waals surface area contributed by atoms with E-state index in [1.807, 2.05) is 54.6 Å². The van der Waals surface area contributed by atoms with Crippen LogP contribution in [-0.2, 0) is 17.8 Å². The number of carbonyl (C=O) groups is 1. The maximum absolute atomic E-state index is 12.9. The molecule has 0 fully saturated rings. The molecule has 0 aliphatic rings. The third kappa shape index (κ3) is 7.30. The lowest BCUT2D eigenvalue weighted by Crippen LogP contribution is -2.27. The van der Waals surface area contributed by atoms with Gasteiger partial charge in [-0.15, -0.1) is 0 Å². The van der Waals surface area contributed by atoms with Gasteiger partial charge in [0, 0.05) is 25.2 Å². The average molecular weight is 392 g/mol. The van der Waals surface area contributed by atoms with Gasteiger partial charge in [-0.1, -0.05) is 42.5 Å². The van der Waals surface area contributed by atoms with E-state index >= 15 is 0 Å². The van der Waals surface area contributed by atoms with Crippen LogP contribution in [0.2, 0.25) is 0 Å². The van der Waals surface area contributed by atoms with Crippen molar-refractivity contribution in [3.8, 4) is 5.75 Å². The number of carbonyl (C=O) groups excluding carboxylic acids is 1. The van der Waals surface area contributed by atoms with Gasteiger partial charge >= 0.3 is 0 Å². The lowest BCUT2D eigenvalue weighted by atomic mass is 10.1. The van der Waals surface area contributed by atoms with Gasteiger partial charge in [0.25, 0.3) is 0 Å². The Balaban J connectivity index is 1.31. The molecule has 150 valence electrons. The Bertz CT molecular complexity index is 881. The summed E-state index contributed by atoms with van der Waals surface area (Å²) in [5.41, 5.74) is 3.07. The van der Waals surface area contributed by atoms with Crippen molar-refractivity contribution in [3.63, 3.8) is 0 Å². The number of amides is 1. The minimum absolute atomic E-state index is 0.0116. The van der Waals surface area contributed by atoms with E-state index in [-0.39, 0.29) is 11.7 Å². The third-order valence-corrected chi connectivity index (χ3v) is 4.43. The van der Waals surface area contributed by atoms with Gasteiger partial charge < -0.3 is 15.4 Å². The number of anilines is 1. The molecule has 0 aromatic heterocycles. The largest absolute Gasteiger partial charge is 0.489 e. The lowest BCUT2D eigenvalue weighted by molar-refractivity contribution is -0.120. The van der Waals surface area contributed by atoms with E-state index in [0.29, 0.717) is 32.5 Å². The number of halogens is 1. The molecule has 3 aromatic carbocycles. The predicted molar refractivity (Wildman–Crippen MR) is 113 cm³/mol. The number of hydrogen-bond donors (Lipinski definition) is 2. The van der Waals surface area contributed by atoms with Crippen LogP contribution in [0.4, 0.5) is 10.1 Å². The first-order valence-electron chi connectivity index (χ1n) is 9.71. The summed E-state index contributed by atoms with van der Waals surface area (Å²) in [6.45, 7) is 1.62. The fourth-order valence-electron chi connectivity index (χ4n) is 2.82. The Morgan fingerprint density at radius 3 is 2.28 bits per heavy atom. The van der Waals surface area contributed by atoms with Crippen LogP contribution in [0.5, 0.6) is 5.75 Å². The summed E-state index contributed by atoms with van der Waals surface area (Å²) in [4.78, 5) is 11.9. The molecule has 2 N–H and O–H groups in total. The van der Waals surface area contributed by atoms with Crippen molar-refractivity contribution in [2.75, 3.05) is 18.4 Å². The van der Waals surface area contributed by atoms with Crippen LogP contribution in [0.3, 0.4) is 0 Å². The normalized spacial score (nSPS) is 10.4. The molecule has 0 bridgehead atoms. The zero-order chi connectivity index (χ0) is 20.3. The van der Waals surface area contributed by atoms with Gasteiger partial charge in [-0.25, -0.2) is 4.39 Å². The van der Waals surface area contributed by atoms with Crippen molar-refractivity contribution < 1.29 is 13.9 Å². The molecular formula is C24H25FN2O2. The highest BCUT2D eigenvalue weighted by Gasteiger charge is 2.02. The van der Waals surface area contributed by atoms with Crippen LogP contribution in [-0.4, -0.2) is 19.0 Å². The van der Waals surface area contributed by atoms with Gasteiger partial charge in [-0.2, -0.15) is 0 Å². The fourth-order valence-corrected chi connectivity index (χ4v) is 2.82. The zero-order valence-electron chi connectivity index (χ0n) is 16.2. The van der Waals surface area contributed by atoms with Crippen LogP contribution in [0.1, 0.15) is 17.5 Å². The Kier molecular flexibility index (Phi) is 7.63. The number of rotatable bonds is 10. The van der Waals surface area contributed by atoms with Gasteiger partial charge in [0.05, 0.1) is 0 Å². The highest BCUT2D eigenvalue weighted by atomic mass is 19.1. The summed E-state index contributed by atoms with van der Waals surface area (Å²) in [6.07, 6.45) is 1.07. The highest BCUT2D eigenvalue weighted by Crippen LogP contribution is 2.17. The first-order chi connectivity index (χ1) is 14.2. The van der Waals surface area contributed by atoms with Crippen molar-refractivity contribution in [3.05, 3.63) is 95.8 Å². The maximum atomic E-state index is 12.9. The van der Waals surface area contributed by atoms with E-state index in [4.69, 9.17) is 4.74 Å². The summed E-state index contributed by atoms with van der Waals surface area (Å²) in [6, 6.07) is 24.0. The van der Waals surface area contributed by atoms with Gasteiger partial charge in [0.1, 0.15) is 18.2 Å². The molecule has 4 nitrogen and oxygen atoms in total. The first kappa shape index (κ1) is 20.4. The van der Waals surface area contributed by atoms with Gasteiger partial charge in [-0.3, -0.25) is 4.79 Å². The van der Waals surface area contributed by atoms with E-state index in [9.17, 15) is 9.18 Å². The van der Waals surface area contributed by atoms with Crippen molar-refractivity contribution in [1.29, 1.82) is 0 Å². The van der Waals surface area contributed by atoms with E-state index < -0.39 is 0 Å². The van der Waals surface area contributed by atoms with E-state index in [1.54, 1.807) is 12.1 Å². The van der Waals surface area contributed by atoms with Crippen molar-refractivity contribution in [1.82, 2.24) is 5.32 Å². The zero-order valence-corrected chi connectivity index (χ0v) is 16.2. The molecule has 5 heteroatoms. The quantitative estimate of drug-likeness (QED) is 0.532. The molecule has 0 aliphatic carbocycles. The summed E-state index contributed by atoms with van der Waals surface area (Å²) in [5, 5.41) is 6.11. The van der Waals surface area contributed by atoms with Crippen LogP contribution in [0, 0.1) is 5.82 Å². The second-order valence-electron chi connectivity index (χ2n) is 6.70. The van der Waals surface area contributed by atoms with Crippen LogP contribution in [0.25, 0.3) is 0 Å². The molecule has 0 radical (unpaired) electrons. The first-order valence-corrected chi connectivity index (χ1v) is 9.71. The minimum atomic E-state index is -0.250. The van der Waals surface area contributed by atoms with Crippen molar-refractivity contribution >= 4 is 11.6 Å². The Labute approximate surface area is 170 Å². The third-order valence-electron chi connectivity index (χ3n) is 4.43. The smallest absolute Gasteiger partial charge is 0.221 e. The van der Waals surface area contributed by atoms with Crippen molar-refractivity contribution in [2.24, 2.45) is 0 Å². The standard InChI is InChI=1S/C24H25FN2O2/c25-21-8-6-19(7-9-21)14-16-27-24(28)15-17-26-22-10-12-23(13-11-22)29-18-20-4-2-1-3-5-20/h1-13,26H,14-18H2,(H,27,28). The second-order valence-corrected chi connectivity index (χ2v) is 6.70. The second kappa shape index (κ2) is 10.9. The Morgan fingerprint density at radius 1 is 0.828 bits per heavy atom. The molecule has 3 rings (SSSR count). The number of benzene rings is 3. The highest BCUT2D eigenvalue weighted by molar-refractivity contribution is 5.76. The van der Waals surface area contributed by atoms with Crippen LogP contribution >= 0.6 is 0 Å². The fraction of sp³-hybridized carbons (Fsp3) is 0.208. The van der Waals surface area contributed by atoms with E-state index in [2.05, 4.69) is 10.6 Å². The monoisotopic (exact) mass is 392 g/mol. The molecule has 0 saturated heterocycles.